The molecule has 0 aromatic rings. The van der Waals surface area contributed by atoms with E-state index in [1.54, 1.807) is 0 Å². The predicted molar refractivity (Wildman–Crippen MR) is 46.4 cm³/mol. The van der Waals surface area contributed by atoms with Gasteiger partial charge in [0.15, 0.2) is 0 Å². The van der Waals surface area contributed by atoms with E-state index in [1.807, 2.05) is 0 Å². The van der Waals surface area contributed by atoms with Gasteiger partial charge in [-0.25, -0.2) is 0 Å². The second kappa shape index (κ2) is 16.5. The van der Waals surface area contributed by atoms with E-state index in [-0.39, 0.29) is 29.6 Å². The minimum Gasteiger partial charge on any atom is -0.550 e. The van der Waals surface area contributed by atoms with Crippen LogP contribution in [-0.2, 0) is 23.9 Å². The zero-order chi connectivity index (χ0) is 13.0. The predicted octanol–water partition coefficient (Wildman–Crippen LogP) is -4.05. The van der Waals surface area contributed by atoms with Crippen LogP contribution in [0.3, 0.4) is 0 Å². The van der Waals surface area contributed by atoms with E-state index in [4.69, 9.17) is 19.8 Å². The van der Waals surface area contributed by atoms with Crippen molar-refractivity contribution in [1.29, 1.82) is 0 Å². The number of carbonyl (C=O) groups is 4. The smallest absolute Gasteiger partial charge is 0.550 e. The van der Waals surface area contributed by atoms with Gasteiger partial charge in [0.05, 0.1) is 0 Å². The molecule has 0 spiro atoms. The summed E-state index contributed by atoms with van der Waals surface area (Å²) in [6.45, 7) is 4.42. The Morgan fingerprint density at radius 3 is 1.06 bits per heavy atom. The maximum Gasteiger partial charge on any atom is 1.00 e. The number of carboxylic acid groups (broad SMARTS) is 2. The molecule has 0 aliphatic rings. The van der Waals surface area contributed by atoms with Gasteiger partial charge in [-0.3, -0.25) is 14.4 Å². The summed E-state index contributed by atoms with van der Waals surface area (Å²) < 4.78 is 3.97. The average Bonchev–Trinajstić information content (AvgIpc) is 1.78. The van der Waals surface area contributed by atoms with Gasteiger partial charge in [0, 0.05) is 26.7 Å². The topological polar surface area (TPSA) is 121 Å². The molecular formula is C8H13NaO7. The van der Waals surface area contributed by atoms with Crippen LogP contribution in [0.5, 0.6) is 0 Å². The molecule has 0 aliphatic carbocycles. The fraction of sp³-hybridized carbons (Fsp3) is 0.500. The molecule has 0 aliphatic heterocycles. The van der Waals surface area contributed by atoms with Crippen LogP contribution in [0.2, 0.25) is 0 Å². The fourth-order valence-electron chi connectivity index (χ4n) is 0.202. The van der Waals surface area contributed by atoms with Crippen LogP contribution in [0.4, 0.5) is 0 Å². The van der Waals surface area contributed by atoms with Gasteiger partial charge in [-0.1, -0.05) is 0 Å². The van der Waals surface area contributed by atoms with E-state index >= 15 is 0 Å². The summed E-state index contributed by atoms with van der Waals surface area (Å²) in [6, 6.07) is 0. The number of esters is 2. The van der Waals surface area contributed by atoms with E-state index < -0.39 is 23.9 Å². The van der Waals surface area contributed by atoms with E-state index in [0.717, 1.165) is 13.8 Å². The van der Waals surface area contributed by atoms with Crippen LogP contribution in [0.15, 0.2) is 0 Å². The largest absolute Gasteiger partial charge is 1.00 e. The molecule has 16 heavy (non-hydrogen) atoms. The Labute approximate surface area is 115 Å². The number of ether oxygens (including phenoxy) is 1. The molecule has 0 bridgehead atoms. The Bertz CT molecular complexity index is 205. The average molecular weight is 244 g/mol. The van der Waals surface area contributed by atoms with Gasteiger partial charge >= 0.3 is 41.5 Å². The van der Waals surface area contributed by atoms with Crippen molar-refractivity contribution in [2.45, 2.75) is 27.7 Å². The number of hydrogen-bond acceptors (Lipinski definition) is 6. The molecule has 88 valence electrons. The summed E-state index contributed by atoms with van der Waals surface area (Å²) in [4.78, 5) is 37.5. The van der Waals surface area contributed by atoms with Crippen molar-refractivity contribution in [2.75, 3.05) is 0 Å². The van der Waals surface area contributed by atoms with Crippen molar-refractivity contribution in [3.8, 4) is 0 Å². The fourth-order valence-corrected chi connectivity index (χ4v) is 0.202. The van der Waals surface area contributed by atoms with Crippen molar-refractivity contribution < 1.29 is 63.7 Å². The van der Waals surface area contributed by atoms with E-state index in [0.29, 0.717) is 0 Å². The molecule has 8 heteroatoms. The number of hydrogen-bond donors (Lipinski definition) is 1. The summed E-state index contributed by atoms with van der Waals surface area (Å²) in [5, 5.41) is 16.3. The number of rotatable bonds is 0. The number of aliphatic carboxylic acids is 2. The SMILES string of the molecule is CC(=O)O.CC(=O)OC(C)=O.CC(=O)[O-].[Na+]. The quantitative estimate of drug-likeness (QED) is 0.261. The molecule has 0 fully saturated rings. The van der Waals surface area contributed by atoms with Crippen molar-refractivity contribution >= 4 is 23.9 Å². The van der Waals surface area contributed by atoms with Crippen LogP contribution in [0, 0.1) is 0 Å². The Hall–Kier alpha value is -0.920. The first kappa shape index (κ1) is 24.4. The van der Waals surface area contributed by atoms with Crippen molar-refractivity contribution in [1.82, 2.24) is 0 Å². The van der Waals surface area contributed by atoms with Crippen molar-refractivity contribution in [3.05, 3.63) is 0 Å². The first-order valence-corrected chi connectivity index (χ1v) is 3.65. The molecule has 0 atom stereocenters. The molecule has 0 aromatic carbocycles. The summed E-state index contributed by atoms with van der Waals surface area (Å²) in [7, 11) is 0. The van der Waals surface area contributed by atoms with Gasteiger partial charge in [0.25, 0.3) is 5.97 Å². The zero-order valence-corrected chi connectivity index (χ0v) is 11.9. The molecule has 0 saturated heterocycles. The summed E-state index contributed by atoms with van der Waals surface area (Å²) in [6.07, 6.45) is 0. The second-order valence-electron chi connectivity index (χ2n) is 2.10. The molecule has 0 rings (SSSR count). The van der Waals surface area contributed by atoms with Gasteiger partial charge in [-0.15, -0.1) is 0 Å². The third-order valence-electron chi connectivity index (χ3n) is 0.287. The van der Waals surface area contributed by atoms with Crippen LogP contribution < -0.4 is 34.7 Å². The molecule has 1 N–H and O–H groups in total. The minimum atomic E-state index is -1.08. The molecular weight excluding hydrogens is 231 g/mol. The molecule has 0 amide bonds. The number of carbonyl (C=O) groups excluding carboxylic acids is 3. The first-order chi connectivity index (χ1) is 6.59. The van der Waals surface area contributed by atoms with Gasteiger partial charge in [-0.2, -0.15) is 0 Å². The molecule has 0 aromatic heterocycles. The molecule has 0 unspecified atom stereocenters. The van der Waals surface area contributed by atoms with Crippen LogP contribution in [0.1, 0.15) is 27.7 Å². The van der Waals surface area contributed by atoms with E-state index in [1.165, 1.54) is 13.8 Å². The third-order valence-corrected chi connectivity index (χ3v) is 0.287. The maximum atomic E-state index is 9.81. The summed E-state index contributed by atoms with van der Waals surface area (Å²) in [5.74, 6) is -3.04. The van der Waals surface area contributed by atoms with Crippen molar-refractivity contribution in [2.24, 2.45) is 0 Å². The Balaban J connectivity index is -0.0000000700. The van der Waals surface area contributed by atoms with Crippen LogP contribution >= 0.6 is 0 Å². The molecule has 0 heterocycles. The van der Waals surface area contributed by atoms with Gasteiger partial charge in [-0.05, 0) is 6.92 Å². The van der Waals surface area contributed by atoms with Crippen LogP contribution in [-0.4, -0.2) is 29.0 Å². The van der Waals surface area contributed by atoms with E-state index in [9.17, 15) is 9.59 Å². The number of carboxylic acids is 2. The summed E-state index contributed by atoms with van der Waals surface area (Å²) >= 11 is 0. The molecule has 0 radical (unpaired) electrons. The molecule has 7 nitrogen and oxygen atoms in total. The first-order valence-electron chi connectivity index (χ1n) is 3.65. The Morgan fingerprint density at radius 2 is 1.06 bits per heavy atom. The van der Waals surface area contributed by atoms with Gasteiger partial charge in [0.2, 0.25) is 0 Å². The Kier molecular flexibility index (Phi) is 25.1. The monoisotopic (exact) mass is 244 g/mol. The minimum absolute atomic E-state index is 0. The van der Waals surface area contributed by atoms with Crippen LogP contribution in [0.25, 0.3) is 0 Å². The Morgan fingerprint density at radius 1 is 0.938 bits per heavy atom. The zero-order valence-electron chi connectivity index (χ0n) is 9.90. The molecule has 0 saturated carbocycles. The summed E-state index contributed by atoms with van der Waals surface area (Å²) in [5.41, 5.74) is 0. The maximum absolute atomic E-state index is 9.81. The standard InChI is InChI=1S/C4H6O3.2C2H4O2.Na/c1-3(5)7-4(2)6;2*1-2(3)4;/h1-2H3;2*1H3,(H,3,4);/q;;;+1/p-1. The van der Waals surface area contributed by atoms with E-state index in [2.05, 4.69) is 4.74 Å². The second-order valence-corrected chi connectivity index (χ2v) is 2.10. The van der Waals surface area contributed by atoms with Gasteiger partial charge < -0.3 is 19.7 Å². The van der Waals surface area contributed by atoms with Crippen molar-refractivity contribution in [3.63, 3.8) is 0 Å². The normalized spacial score (nSPS) is 6.50. The van der Waals surface area contributed by atoms with Gasteiger partial charge in [0.1, 0.15) is 0 Å². The third kappa shape index (κ3) is 201.